The van der Waals surface area contributed by atoms with Gasteiger partial charge in [-0.2, -0.15) is 0 Å². The van der Waals surface area contributed by atoms with Crippen molar-refractivity contribution in [1.82, 2.24) is 9.55 Å². The van der Waals surface area contributed by atoms with E-state index in [1.165, 1.54) is 0 Å². The Morgan fingerprint density at radius 3 is 2.31 bits per heavy atom. The molecule has 1 aromatic heterocycles. The lowest BCUT2D eigenvalue weighted by molar-refractivity contribution is -0.149. The van der Waals surface area contributed by atoms with Crippen molar-refractivity contribution in [3.63, 3.8) is 0 Å². The molecule has 2 rings (SSSR count). The third kappa shape index (κ3) is 4.71. The molecule has 26 heavy (non-hydrogen) atoms. The number of esters is 1. The molecule has 0 aliphatic carbocycles. The van der Waals surface area contributed by atoms with Crippen LogP contribution >= 0.6 is 0 Å². The molecule has 0 atom stereocenters. The average Bonchev–Trinajstić information content (AvgIpc) is 2.91. The van der Waals surface area contributed by atoms with Crippen molar-refractivity contribution in [3.05, 3.63) is 47.9 Å². The summed E-state index contributed by atoms with van der Waals surface area (Å²) in [7, 11) is 1.76. The number of anilines is 1. The number of Topliss-reactive ketones (excluding diaryl/α,β-unsaturated/α-hetero) is 1. The maximum atomic E-state index is 12.5. The predicted octanol–water partition coefficient (Wildman–Crippen LogP) is 3.58. The van der Waals surface area contributed by atoms with Gasteiger partial charge in [0, 0.05) is 18.7 Å². The molecule has 0 amide bonds. The molecule has 1 aromatic carbocycles. The molecule has 1 N–H and O–H groups in total. The van der Waals surface area contributed by atoms with Crippen molar-refractivity contribution < 1.29 is 14.3 Å². The Morgan fingerprint density at radius 2 is 1.73 bits per heavy atom. The minimum Gasteiger partial charge on any atom is -0.459 e. The fourth-order valence-corrected chi connectivity index (χ4v) is 2.35. The van der Waals surface area contributed by atoms with Crippen LogP contribution < -0.4 is 5.32 Å². The number of aryl methyl sites for hydroxylation is 1. The molecule has 0 aliphatic rings. The topological polar surface area (TPSA) is 73.2 Å². The predicted molar refractivity (Wildman–Crippen MR) is 101 cm³/mol. The highest BCUT2D eigenvalue weighted by molar-refractivity contribution is 5.97. The Kier molecular flexibility index (Phi) is 5.54. The van der Waals surface area contributed by atoms with Crippen LogP contribution in [0.2, 0.25) is 0 Å². The van der Waals surface area contributed by atoms with Crippen molar-refractivity contribution in [2.24, 2.45) is 12.5 Å². The quantitative estimate of drug-likeness (QED) is 0.632. The van der Waals surface area contributed by atoms with Crippen LogP contribution in [0.15, 0.2) is 36.5 Å². The standard InChI is InChI=1S/C20H27N3O3/c1-19(2,3)16(24)17-21-15(12-23(17)6)22-20(4,5)18(25)26-13-14-10-8-7-9-11-14/h7-12,22H,13H2,1-6H3. The lowest BCUT2D eigenvalue weighted by Crippen LogP contribution is -2.41. The molecule has 0 unspecified atom stereocenters. The number of imidazole rings is 1. The number of aromatic nitrogens is 2. The number of ether oxygens (including phenoxy) is 1. The molecular formula is C20H27N3O3. The van der Waals surface area contributed by atoms with Crippen LogP contribution in [-0.2, 0) is 23.2 Å². The van der Waals surface area contributed by atoms with Crippen LogP contribution in [0.4, 0.5) is 5.82 Å². The van der Waals surface area contributed by atoms with Crippen molar-refractivity contribution in [2.75, 3.05) is 5.32 Å². The number of nitrogens with one attached hydrogen (secondary N) is 1. The summed E-state index contributed by atoms with van der Waals surface area (Å²) in [5.74, 6) is 0.364. The maximum Gasteiger partial charge on any atom is 0.331 e. The Morgan fingerprint density at radius 1 is 1.12 bits per heavy atom. The first-order valence-electron chi connectivity index (χ1n) is 8.58. The molecule has 2 aromatic rings. The van der Waals surface area contributed by atoms with Crippen molar-refractivity contribution in [1.29, 1.82) is 0 Å². The Balaban J connectivity index is 2.06. The van der Waals surface area contributed by atoms with E-state index in [0.717, 1.165) is 5.56 Å². The van der Waals surface area contributed by atoms with E-state index in [9.17, 15) is 9.59 Å². The van der Waals surface area contributed by atoms with Crippen molar-refractivity contribution >= 4 is 17.6 Å². The van der Waals surface area contributed by atoms with E-state index in [1.807, 2.05) is 51.1 Å². The number of hydrogen-bond donors (Lipinski definition) is 1. The fraction of sp³-hybridized carbons (Fsp3) is 0.450. The van der Waals surface area contributed by atoms with Gasteiger partial charge in [0.05, 0.1) is 0 Å². The smallest absolute Gasteiger partial charge is 0.331 e. The van der Waals surface area contributed by atoms with Gasteiger partial charge in [-0.15, -0.1) is 0 Å². The maximum absolute atomic E-state index is 12.5. The molecule has 0 radical (unpaired) electrons. The molecule has 0 bridgehead atoms. The van der Waals surface area contributed by atoms with Gasteiger partial charge in [0.1, 0.15) is 18.0 Å². The summed E-state index contributed by atoms with van der Waals surface area (Å²) >= 11 is 0. The van der Waals surface area contributed by atoms with Gasteiger partial charge in [0.15, 0.2) is 5.82 Å². The molecule has 1 heterocycles. The zero-order valence-electron chi connectivity index (χ0n) is 16.3. The summed E-state index contributed by atoms with van der Waals surface area (Å²) in [4.78, 5) is 29.3. The van der Waals surface area contributed by atoms with Gasteiger partial charge in [-0.25, -0.2) is 9.78 Å². The zero-order valence-corrected chi connectivity index (χ0v) is 16.3. The number of benzene rings is 1. The largest absolute Gasteiger partial charge is 0.459 e. The monoisotopic (exact) mass is 357 g/mol. The van der Waals surface area contributed by atoms with Gasteiger partial charge in [0.25, 0.3) is 0 Å². The van der Waals surface area contributed by atoms with Gasteiger partial charge in [-0.1, -0.05) is 51.1 Å². The average molecular weight is 357 g/mol. The molecule has 0 aliphatic heterocycles. The van der Waals surface area contributed by atoms with E-state index in [1.54, 1.807) is 31.7 Å². The van der Waals surface area contributed by atoms with Gasteiger partial charge in [-0.05, 0) is 19.4 Å². The number of carbonyl (C=O) groups excluding carboxylic acids is 2. The van der Waals surface area contributed by atoms with Gasteiger partial charge in [0.2, 0.25) is 5.78 Å². The second-order valence-corrected chi connectivity index (χ2v) is 7.95. The zero-order chi connectivity index (χ0) is 19.5. The number of nitrogens with zero attached hydrogens (tertiary/aromatic N) is 2. The molecule has 0 saturated carbocycles. The molecule has 6 heteroatoms. The third-order valence-corrected chi connectivity index (χ3v) is 3.92. The highest BCUT2D eigenvalue weighted by Crippen LogP contribution is 2.23. The van der Waals surface area contributed by atoms with E-state index in [0.29, 0.717) is 11.6 Å². The van der Waals surface area contributed by atoms with Crippen LogP contribution in [0.25, 0.3) is 0 Å². The summed E-state index contributed by atoms with van der Waals surface area (Å²) in [5.41, 5.74) is -0.585. The van der Waals surface area contributed by atoms with E-state index < -0.39 is 16.9 Å². The first-order valence-corrected chi connectivity index (χ1v) is 8.58. The lowest BCUT2D eigenvalue weighted by atomic mass is 9.90. The Labute approximate surface area is 154 Å². The molecular weight excluding hydrogens is 330 g/mol. The number of hydrogen-bond acceptors (Lipinski definition) is 5. The normalized spacial score (nSPS) is 11.9. The van der Waals surface area contributed by atoms with Gasteiger partial charge in [-0.3, -0.25) is 4.79 Å². The fourth-order valence-electron chi connectivity index (χ4n) is 2.35. The Hall–Kier alpha value is -2.63. The second-order valence-electron chi connectivity index (χ2n) is 7.95. The summed E-state index contributed by atoms with van der Waals surface area (Å²) in [6, 6.07) is 9.50. The highest BCUT2D eigenvalue weighted by atomic mass is 16.5. The van der Waals surface area contributed by atoms with Crippen molar-refractivity contribution in [2.45, 2.75) is 46.8 Å². The first kappa shape index (κ1) is 19.7. The highest BCUT2D eigenvalue weighted by Gasteiger charge is 2.32. The minimum atomic E-state index is -0.981. The number of ketones is 1. The molecule has 0 fully saturated rings. The molecule has 0 saturated heterocycles. The summed E-state index contributed by atoms with van der Waals surface area (Å²) in [6.45, 7) is 9.20. The van der Waals surface area contributed by atoms with Crippen LogP contribution in [-0.4, -0.2) is 26.8 Å². The second kappa shape index (κ2) is 7.32. The Bertz CT molecular complexity index is 786. The van der Waals surface area contributed by atoms with E-state index in [4.69, 9.17) is 4.74 Å². The van der Waals surface area contributed by atoms with Crippen molar-refractivity contribution in [3.8, 4) is 0 Å². The van der Waals surface area contributed by atoms with Gasteiger partial charge >= 0.3 is 5.97 Å². The van der Waals surface area contributed by atoms with E-state index in [-0.39, 0.29) is 12.4 Å². The number of rotatable bonds is 6. The minimum absolute atomic E-state index is 0.0579. The first-order chi connectivity index (χ1) is 12.0. The summed E-state index contributed by atoms with van der Waals surface area (Å²) in [5, 5.41) is 3.06. The molecule has 140 valence electrons. The van der Waals surface area contributed by atoms with Crippen LogP contribution in [0.5, 0.6) is 0 Å². The summed E-state index contributed by atoms with van der Waals surface area (Å²) in [6.07, 6.45) is 1.70. The molecule has 0 spiro atoms. The van der Waals surface area contributed by atoms with Gasteiger partial charge < -0.3 is 14.6 Å². The van der Waals surface area contributed by atoms with Crippen LogP contribution in [0, 0.1) is 5.41 Å². The van der Waals surface area contributed by atoms with E-state index in [2.05, 4.69) is 10.3 Å². The summed E-state index contributed by atoms with van der Waals surface area (Å²) < 4.78 is 7.07. The van der Waals surface area contributed by atoms with Crippen LogP contribution in [0.3, 0.4) is 0 Å². The van der Waals surface area contributed by atoms with E-state index >= 15 is 0 Å². The SMILES string of the molecule is Cn1cc(NC(C)(C)C(=O)OCc2ccccc2)nc1C(=O)C(C)(C)C. The lowest BCUT2D eigenvalue weighted by Gasteiger charge is -2.24. The third-order valence-electron chi connectivity index (χ3n) is 3.92. The molecule has 6 nitrogen and oxygen atoms in total. The number of carbonyl (C=O) groups is 2. The van der Waals surface area contributed by atoms with Crippen LogP contribution in [0.1, 0.15) is 50.8 Å².